The summed E-state index contributed by atoms with van der Waals surface area (Å²) in [5.74, 6) is 0.899. The van der Waals surface area contributed by atoms with Crippen molar-refractivity contribution < 1.29 is 14.0 Å². The maximum Gasteiger partial charge on any atom is 0.189 e. The van der Waals surface area contributed by atoms with E-state index in [1.165, 1.54) is 10.8 Å². The van der Waals surface area contributed by atoms with E-state index in [1.54, 1.807) is 0 Å². The highest BCUT2D eigenvalue weighted by molar-refractivity contribution is 6.30. The topological polar surface area (TPSA) is 22.3 Å². The lowest BCUT2D eigenvalue weighted by atomic mass is 10.1. The van der Waals surface area contributed by atoms with Crippen LogP contribution in [0.25, 0.3) is 10.8 Å². The van der Waals surface area contributed by atoms with Crippen molar-refractivity contribution in [2.45, 2.75) is 13.2 Å². The molecule has 0 fully saturated rings. The van der Waals surface area contributed by atoms with Gasteiger partial charge in [-0.25, -0.2) is 4.57 Å². The van der Waals surface area contributed by atoms with Gasteiger partial charge in [0.05, 0.1) is 12.2 Å². The predicted octanol–water partition coefficient (Wildman–Crippen LogP) is 3.70. The highest BCUT2D eigenvalue weighted by Gasteiger charge is 2.19. The van der Waals surface area contributed by atoms with Gasteiger partial charge in [0.15, 0.2) is 25.7 Å². The van der Waals surface area contributed by atoms with Crippen molar-refractivity contribution in [3.05, 3.63) is 71.0 Å². The van der Waals surface area contributed by atoms with Gasteiger partial charge in [0.2, 0.25) is 0 Å². The SMILES string of the molecule is Clc1cc2c(c(C[n+]3ccc4ccccc4c3)c1)OCOC2. The first-order valence-corrected chi connectivity index (χ1v) is 7.57. The molecule has 4 heteroatoms. The maximum atomic E-state index is 6.22. The van der Waals surface area contributed by atoms with Gasteiger partial charge in [-0.3, -0.25) is 0 Å². The molecule has 2 heterocycles. The fraction of sp³-hybridized carbons (Fsp3) is 0.167. The molecule has 0 radical (unpaired) electrons. The van der Waals surface area contributed by atoms with Crippen LogP contribution in [-0.4, -0.2) is 6.79 Å². The zero-order chi connectivity index (χ0) is 14.9. The van der Waals surface area contributed by atoms with E-state index in [9.17, 15) is 0 Å². The highest BCUT2D eigenvalue weighted by Crippen LogP contribution is 2.31. The van der Waals surface area contributed by atoms with E-state index >= 15 is 0 Å². The largest absolute Gasteiger partial charge is 0.467 e. The van der Waals surface area contributed by atoms with Crippen molar-refractivity contribution in [1.29, 1.82) is 0 Å². The van der Waals surface area contributed by atoms with Crippen LogP contribution in [0.1, 0.15) is 11.1 Å². The molecule has 0 saturated heterocycles. The molecule has 0 spiro atoms. The van der Waals surface area contributed by atoms with Gasteiger partial charge in [0.25, 0.3) is 0 Å². The summed E-state index contributed by atoms with van der Waals surface area (Å²) in [6, 6.07) is 14.3. The van der Waals surface area contributed by atoms with E-state index in [2.05, 4.69) is 35.2 Å². The molecule has 0 atom stereocenters. The summed E-state index contributed by atoms with van der Waals surface area (Å²) >= 11 is 6.22. The average Bonchev–Trinajstić information content (AvgIpc) is 2.54. The first kappa shape index (κ1) is 13.6. The number of ether oxygens (including phenoxy) is 2. The highest BCUT2D eigenvalue weighted by atomic mass is 35.5. The number of hydrogen-bond acceptors (Lipinski definition) is 2. The summed E-state index contributed by atoms with van der Waals surface area (Å²) in [5.41, 5.74) is 2.08. The Morgan fingerprint density at radius 1 is 1.09 bits per heavy atom. The quantitative estimate of drug-likeness (QED) is 0.673. The number of hydrogen-bond donors (Lipinski definition) is 0. The normalized spacial score (nSPS) is 13.7. The van der Waals surface area contributed by atoms with Crippen LogP contribution in [0.4, 0.5) is 0 Å². The summed E-state index contributed by atoms with van der Waals surface area (Å²) in [6.07, 6.45) is 4.22. The van der Waals surface area contributed by atoms with Crippen LogP contribution < -0.4 is 9.30 Å². The molecule has 2 aromatic carbocycles. The number of rotatable bonds is 2. The fourth-order valence-electron chi connectivity index (χ4n) is 2.85. The number of fused-ring (bicyclic) bond motifs is 2. The van der Waals surface area contributed by atoms with Crippen LogP contribution in [0, 0.1) is 0 Å². The molecule has 3 nitrogen and oxygen atoms in total. The summed E-state index contributed by atoms with van der Waals surface area (Å²) in [7, 11) is 0. The first-order chi connectivity index (χ1) is 10.8. The van der Waals surface area contributed by atoms with E-state index in [4.69, 9.17) is 21.1 Å². The van der Waals surface area contributed by atoms with Crippen LogP contribution in [0.2, 0.25) is 5.02 Å². The van der Waals surface area contributed by atoms with Gasteiger partial charge in [-0.1, -0.05) is 29.8 Å². The molecular formula is C18H15ClNO2+. The van der Waals surface area contributed by atoms with E-state index < -0.39 is 0 Å². The number of pyridine rings is 1. The second-order valence-electron chi connectivity index (χ2n) is 5.41. The molecule has 0 N–H and O–H groups in total. The molecule has 22 heavy (non-hydrogen) atoms. The van der Waals surface area contributed by atoms with Crippen LogP contribution in [-0.2, 0) is 17.9 Å². The second kappa shape index (κ2) is 5.59. The third kappa shape index (κ3) is 2.54. The minimum absolute atomic E-state index is 0.296. The van der Waals surface area contributed by atoms with Crippen molar-refractivity contribution in [1.82, 2.24) is 0 Å². The van der Waals surface area contributed by atoms with Crippen LogP contribution >= 0.6 is 11.6 Å². The minimum Gasteiger partial charge on any atom is -0.467 e. The van der Waals surface area contributed by atoms with Crippen LogP contribution in [0.3, 0.4) is 0 Å². The van der Waals surface area contributed by atoms with E-state index in [1.807, 2.05) is 24.3 Å². The smallest absolute Gasteiger partial charge is 0.189 e. The summed E-state index contributed by atoms with van der Waals surface area (Å²) < 4.78 is 13.1. The third-order valence-electron chi connectivity index (χ3n) is 3.85. The Bertz CT molecular complexity index is 848. The number of halogens is 1. The lowest BCUT2D eigenvalue weighted by Gasteiger charge is -2.20. The van der Waals surface area contributed by atoms with Crippen molar-refractivity contribution >= 4 is 22.4 Å². The van der Waals surface area contributed by atoms with Gasteiger partial charge < -0.3 is 9.47 Å². The van der Waals surface area contributed by atoms with Crippen molar-refractivity contribution in [3.63, 3.8) is 0 Å². The fourth-order valence-corrected chi connectivity index (χ4v) is 3.11. The molecule has 4 rings (SSSR count). The van der Waals surface area contributed by atoms with Gasteiger partial charge in [-0.15, -0.1) is 0 Å². The minimum atomic E-state index is 0.296. The summed E-state index contributed by atoms with van der Waals surface area (Å²) in [4.78, 5) is 0. The molecule has 1 aliphatic heterocycles. The van der Waals surface area contributed by atoms with Gasteiger partial charge in [-0.2, -0.15) is 0 Å². The van der Waals surface area contributed by atoms with E-state index in [0.717, 1.165) is 16.9 Å². The Morgan fingerprint density at radius 3 is 2.86 bits per heavy atom. The lowest BCUT2D eigenvalue weighted by Crippen LogP contribution is -2.33. The number of aromatic nitrogens is 1. The molecule has 0 amide bonds. The Kier molecular flexibility index (Phi) is 3.45. The number of nitrogens with zero attached hydrogens (tertiary/aromatic N) is 1. The van der Waals surface area contributed by atoms with Gasteiger partial charge >= 0.3 is 0 Å². The lowest BCUT2D eigenvalue weighted by molar-refractivity contribution is -0.687. The zero-order valence-electron chi connectivity index (χ0n) is 12.0. The Labute approximate surface area is 133 Å². The van der Waals surface area contributed by atoms with Crippen LogP contribution in [0.5, 0.6) is 5.75 Å². The Morgan fingerprint density at radius 2 is 1.95 bits per heavy atom. The Hall–Kier alpha value is -2.10. The molecule has 1 aromatic heterocycles. The summed E-state index contributed by atoms with van der Waals surface area (Å²) in [6.45, 7) is 1.56. The van der Waals surface area contributed by atoms with Gasteiger partial charge in [-0.05, 0) is 23.6 Å². The second-order valence-corrected chi connectivity index (χ2v) is 5.85. The van der Waals surface area contributed by atoms with Crippen LogP contribution in [0.15, 0.2) is 54.9 Å². The molecule has 1 aliphatic rings. The van der Waals surface area contributed by atoms with Crippen molar-refractivity contribution in [3.8, 4) is 5.75 Å². The Balaban J connectivity index is 1.74. The van der Waals surface area contributed by atoms with Crippen molar-refractivity contribution in [2.75, 3.05) is 6.79 Å². The maximum absolute atomic E-state index is 6.22. The molecule has 0 unspecified atom stereocenters. The first-order valence-electron chi connectivity index (χ1n) is 7.19. The molecule has 0 saturated carbocycles. The third-order valence-corrected chi connectivity index (χ3v) is 4.07. The molecule has 3 aromatic rings. The molecule has 110 valence electrons. The van der Waals surface area contributed by atoms with E-state index in [0.29, 0.717) is 25.0 Å². The van der Waals surface area contributed by atoms with Gasteiger partial charge in [0.1, 0.15) is 5.75 Å². The van der Waals surface area contributed by atoms with Crippen molar-refractivity contribution in [2.24, 2.45) is 0 Å². The standard InChI is InChI=1S/C18H15ClNO2/c19-17-7-15(18-16(8-17)11-21-12-22-18)10-20-6-5-13-3-1-2-4-14(13)9-20/h1-9H,10-12H2/q+1. The van der Waals surface area contributed by atoms with Gasteiger partial charge in [0, 0.05) is 22.0 Å². The predicted molar refractivity (Wildman–Crippen MR) is 85.0 cm³/mol. The average molecular weight is 313 g/mol. The molecule has 0 aliphatic carbocycles. The monoisotopic (exact) mass is 312 g/mol. The number of benzene rings is 2. The van der Waals surface area contributed by atoms with E-state index in [-0.39, 0.29) is 0 Å². The molecule has 0 bridgehead atoms. The molecular weight excluding hydrogens is 298 g/mol. The zero-order valence-corrected chi connectivity index (χ0v) is 12.7. The summed E-state index contributed by atoms with van der Waals surface area (Å²) in [5, 5.41) is 3.16.